The van der Waals surface area contributed by atoms with E-state index in [1.54, 1.807) is 18.0 Å². The molecule has 2 N–H and O–H groups in total. The lowest BCUT2D eigenvalue weighted by Crippen LogP contribution is -2.29. The number of carbonyl (C=O) groups excluding carboxylic acids is 1. The third-order valence-corrected chi connectivity index (χ3v) is 3.56. The number of rotatable bonds is 6. The van der Waals surface area contributed by atoms with Crippen LogP contribution < -0.4 is 0 Å². The molecule has 4 nitrogen and oxygen atoms in total. The van der Waals surface area contributed by atoms with Crippen molar-refractivity contribution in [3.8, 4) is 11.5 Å². The molecular formula is C13H19NO3S. The summed E-state index contributed by atoms with van der Waals surface area (Å²) >= 11 is 1.35. The van der Waals surface area contributed by atoms with Gasteiger partial charge in [-0.3, -0.25) is 4.79 Å². The molecule has 0 unspecified atom stereocenters. The van der Waals surface area contributed by atoms with Gasteiger partial charge in [-0.15, -0.1) is 11.8 Å². The Labute approximate surface area is 112 Å². The Morgan fingerprint density at radius 2 is 2.06 bits per heavy atom. The standard InChI is InChI=1S/C13H19NO3S/c1-3-4-7-14(2)13(17)9-18-10-5-6-11(15)12(16)8-10/h5-6,8,15-16H,3-4,7,9H2,1-2H3. The zero-order chi connectivity index (χ0) is 13.5. The smallest absolute Gasteiger partial charge is 0.232 e. The van der Waals surface area contributed by atoms with E-state index in [-0.39, 0.29) is 17.4 Å². The fourth-order valence-corrected chi connectivity index (χ4v) is 2.24. The second-order valence-electron chi connectivity index (χ2n) is 4.11. The number of carbonyl (C=O) groups is 1. The summed E-state index contributed by atoms with van der Waals surface area (Å²) in [7, 11) is 1.80. The predicted octanol–water partition coefficient (Wildman–Crippen LogP) is 2.45. The first-order chi connectivity index (χ1) is 8.54. The van der Waals surface area contributed by atoms with Crippen molar-refractivity contribution in [3.63, 3.8) is 0 Å². The second kappa shape index (κ2) is 7.16. The molecule has 0 aliphatic carbocycles. The number of phenolic OH excluding ortho intramolecular Hbond substituents is 2. The van der Waals surface area contributed by atoms with Crippen molar-refractivity contribution in [1.29, 1.82) is 0 Å². The molecule has 0 aromatic heterocycles. The van der Waals surface area contributed by atoms with Crippen molar-refractivity contribution in [2.45, 2.75) is 24.7 Å². The van der Waals surface area contributed by atoms with Gasteiger partial charge in [0.15, 0.2) is 11.5 Å². The highest BCUT2D eigenvalue weighted by atomic mass is 32.2. The lowest BCUT2D eigenvalue weighted by atomic mass is 10.3. The largest absolute Gasteiger partial charge is 0.504 e. The van der Waals surface area contributed by atoms with Gasteiger partial charge in [-0.1, -0.05) is 13.3 Å². The van der Waals surface area contributed by atoms with Gasteiger partial charge < -0.3 is 15.1 Å². The Kier molecular flexibility index (Phi) is 5.85. The lowest BCUT2D eigenvalue weighted by Gasteiger charge is -2.16. The minimum Gasteiger partial charge on any atom is -0.504 e. The molecule has 0 atom stereocenters. The Morgan fingerprint density at radius 3 is 2.67 bits per heavy atom. The molecule has 0 saturated heterocycles. The second-order valence-corrected chi connectivity index (χ2v) is 5.16. The summed E-state index contributed by atoms with van der Waals surface area (Å²) in [5.41, 5.74) is 0. The summed E-state index contributed by atoms with van der Waals surface area (Å²) in [5.74, 6) is 0.100. The van der Waals surface area contributed by atoms with Crippen LogP contribution in [0.25, 0.3) is 0 Å². The number of hydrogen-bond acceptors (Lipinski definition) is 4. The zero-order valence-corrected chi connectivity index (χ0v) is 11.5. The molecule has 0 fully saturated rings. The highest BCUT2D eigenvalue weighted by molar-refractivity contribution is 8.00. The first-order valence-corrected chi connectivity index (χ1v) is 6.92. The van der Waals surface area contributed by atoms with E-state index in [1.165, 1.54) is 23.9 Å². The molecule has 1 rings (SSSR count). The molecule has 0 saturated carbocycles. The average molecular weight is 269 g/mol. The van der Waals surface area contributed by atoms with Crippen molar-refractivity contribution in [3.05, 3.63) is 18.2 Å². The van der Waals surface area contributed by atoms with Crippen molar-refractivity contribution >= 4 is 17.7 Å². The van der Waals surface area contributed by atoms with Crippen molar-refractivity contribution < 1.29 is 15.0 Å². The molecule has 100 valence electrons. The molecule has 0 spiro atoms. The van der Waals surface area contributed by atoms with Gasteiger partial charge in [-0.05, 0) is 24.6 Å². The number of amides is 1. The predicted molar refractivity (Wildman–Crippen MR) is 73.0 cm³/mol. The molecule has 0 aliphatic rings. The Bertz CT molecular complexity index is 409. The summed E-state index contributed by atoms with van der Waals surface area (Å²) in [5, 5.41) is 18.5. The van der Waals surface area contributed by atoms with Crippen molar-refractivity contribution in [2.75, 3.05) is 19.3 Å². The average Bonchev–Trinajstić information content (AvgIpc) is 2.36. The zero-order valence-electron chi connectivity index (χ0n) is 10.7. The van der Waals surface area contributed by atoms with E-state index in [2.05, 4.69) is 6.92 Å². The Hall–Kier alpha value is -1.36. The van der Waals surface area contributed by atoms with Gasteiger partial charge in [-0.2, -0.15) is 0 Å². The fraction of sp³-hybridized carbons (Fsp3) is 0.462. The van der Waals surface area contributed by atoms with Crippen LogP contribution in [0.3, 0.4) is 0 Å². The van der Waals surface area contributed by atoms with Crippen LogP contribution in [0.5, 0.6) is 11.5 Å². The van der Waals surface area contributed by atoms with E-state index in [0.29, 0.717) is 5.75 Å². The first kappa shape index (κ1) is 14.7. The van der Waals surface area contributed by atoms with E-state index in [1.807, 2.05) is 0 Å². The maximum atomic E-state index is 11.8. The number of thioether (sulfide) groups is 1. The Morgan fingerprint density at radius 1 is 1.33 bits per heavy atom. The van der Waals surface area contributed by atoms with Crippen LogP contribution in [0.2, 0.25) is 0 Å². The van der Waals surface area contributed by atoms with E-state index < -0.39 is 0 Å². The minimum atomic E-state index is -0.160. The maximum absolute atomic E-state index is 11.8. The van der Waals surface area contributed by atoms with E-state index in [0.717, 1.165) is 24.3 Å². The van der Waals surface area contributed by atoms with Crippen LogP contribution in [0.4, 0.5) is 0 Å². The van der Waals surface area contributed by atoms with Gasteiger partial charge in [0.05, 0.1) is 5.75 Å². The summed E-state index contributed by atoms with van der Waals surface area (Å²) in [4.78, 5) is 14.3. The monoisotopic (exact) mass is 269 g/mol. The number of unbranched alkanes of at least 4 members (excludes halogenated alkanes) is 1. The van der Waals surface area contributed by atoms with E-state index in [4.69, 9.17) is 0 Å². The number of benzene rings is 1. The van der Waals surface area contributed by atoms with Gasteiger partial charge >= 0.3 is 0 Å². The SMILES string of the molecule is CCCCN(C)C(=O)CSc1ccc(O)c(O)c1. The molecule has 1 aromatic carbocycles. The molecular weight excluding hydrogens is 250 g/mol. The number of phenols is 2. The highest BCUT2D eigenvalue weighted by Crippen LogP contribution is 2.29. The van der Waals surface area contributed by atoms with Crippen LogP contribution in [0.1, 0.15) is 19.8 Å². The van der Waals surface area contributed by atoms with Gasteiger partial charge in [0.2, 0.25) is 5.91 Å². The van der Waals surface area contributed by atoms with E-state index in [9.17, 15) is 15.0 Å². The molecule has 18 heavy (non-hydrogen) atoms. The third kappa shape index (κ3) is 4.49. The van der Waals surface area contributed by atoms with Crippen molar-refractivity contribution in [1.82, 2.24) is 4.90 Å². The molecule has 0 heterocycles. The molecule has 5 heteroatoms. The first-order valence-electron chi connectivity index (χ1n) is 5.93. The van der Waals surface area contributed by atoms with Gasteiger partial charge in [0.25, 0.3) is 0 Å². The number of hydrogen-bond donors (Lipinski definition) is 2. The third-order valence-electron chi connectivity index (χ3n) is 2.58. The molecule has 0 radical (unpaired) electrons. The number of nitrogens with zero attached hydrogens (tertiary/aromatic N) is 1. The van der Waals surface area contributed by atoms with Crippen LogP contribution in [-0.2, 0) is 4.79 Å². The van der Waals surface area contributed by atoms with E-state index >= 15 is 0 Å². The highest BCUT2D eigenvalue weighted by Gasteiger charge is 2.09. The normalized spacial score (nSPS) is 10.3. The Balaban J connectivity index is 2.44. The topological polar surface area (TPSA) is 60.8 Å². The van der Waals surface area contributed by atoms with Crippen LogP contribution in [0.15, 0.2) is 23.1 Å². The van der Waals surface area contributed by atoms with Crippen LogP contribution in [-0.4, -0.2) is 40.4 Å². The number of aromatic hydroxyl groups is 2. The molecule has 0 aliphatic heterocycles. The maximum Gasteiger partial charge on any atom is 0.232 e. The summed E-state index contributed by atoms with van der Waals surface area (Å²) < 4.78 is 0. The van der Waals surface area contributed by atoms with Gasteiger partial charge in [-0.25, -0.2) is 0 Å². The van der Waals surface area contributed by atoms with Crippen molar-refractivity contribution in [2.24, 2.45) is 0 Å². The summed E-state index contributed by atoms with van der Waals surface area (Å²) in [6.45, 7) is 2.86. The molecule has 0 bridgehead atoms. The van der Waals surface area contributed by atoms with Crippen LogP contribution >= 0.6 is 11.8 Å². The quantitative estimate of drug-likeness (QED) is 0.615. The summed E-state index contributed by atoms with van der Waals surface area (Å²) in [6, 6.07) is 4.56. The van der Waals surface area contributed by atoms with Gasteiger partial charge in [0, 0.05) is 18.5 Å². The summed E-state index contributed by atoms with van der Waals surface area (Å²) in [6.07, 6.45) is 2.07. The lowest BCUT2D eigenvalue weighted by molar-refractivity contribution is -0.127. The minimum absolute atomic E-state index is 0.0704. The molecule has 1 aromatic rings. The van der Waals surface area contributed by atoms with Gasteiger partial charge in [0.1, 0.15) is 0 Å². The van der Waals surface area contributed by atoms with Crippen LogP contribution in [0, 0.1) is 0 Å². The fourth-order valence-electron chi connectivity index (χ4n) is 1.37. The molecule has 1 amide bonds.